The van der Waals surface area contributed by atoms with Gasteiger partial charge in [-0.15, -0.1) is 12.4 Å². The van der Waals surface area contributed by atoms with E-state index in [1.165, 1.54) is 6.07 Å². The van der Waals surface area contributed by atoms with Crippen LogP contribution in [0.2, 0.25) is 0 Å². The van der Waals surface area contributed by atoms with Crippen LogP contribution in [0.15, 0.2) is 23.1 Å². The van der Waals surface area contributed by atoms with E-state index in [1.54, 1.807) is 16.8 Å². The number of amides is 1. The highest BCUT2D eigenvalue weighted by Crippen LogP contribution is 2.18. The fraction of sp³-hybridized carbons (Fsp3) is 0.571. The van der Waals surface area contributed by atoms with E-state index in [0.717, 1.165) is 19.4 Å². The van der Waals surface area contributed by atoms with Crippen LogP contribution in [0, 0.1) is 5.92 Å². The number of aryl methyl sites for hydroxylation is 1. The number of halogens is 1. The lowest BCUT2D eigenvalue weighted by Crippen LogP contribution is -2.40. The van der Waals surface area contributed by atoms with E-state index in [1.807, 2.05) is 6.92 Å². The highest BCUT2D eigenvalue weighted by molar-refractivity contribution is 5.92. The number of hydrogen-bond donors (Lipinski definition) is 2. The zero-order chi connectivity index (χ0) is 13.8. The van der Waals surface area contributed by atoms with Crippen molar-refractivity contribution in [3.8, 4) is 0 Å². The van der Waals surface area contributed by atoms with Gasteiger partial charge in [0, 0.05) is 30.8 Å². The fourth-order valence-electron chi connectivity index (χ4n) is 2.47. The van der Waals surface area contributed by atoms with Crippen molar-refractivity contribution in [1.82, 2.24) is 9.88 Å². The summed E-state index contributed by atoms with van der Waals surface area (Å²) in [6.45, 7) is 5.48. The summed E-state index contributed by atoms with van der Waals surface area (Å²) in [5, 5.41) is 6.24. The second kappa shape index (κ2) is 7.45. The second-order valence-electron chi connectivity index (χ2n) is 5.11. The molecule has 1 saturated heterocycles. The number of anilines is 1. The lowest BCUT2D eigenvalue weighted by atomic mass is 9.92. The minimum Gasteiger partial charge on any atom is -0.325 e. The molecule has 0 spiro atoms. The maximum Gasteiger partial charge on any atom is 0.250 e. The highest BCUT2D eigenvalue weighted by atomic mass is 35.5. The summed E-state index contributed by atoms with van der Waals surface area (Å²) in [7, 11) is 0. The van der Waals surface area contributed by atoms with E-state index >= 15 is 0 Å². The Morgan fingerprint density at radius 3 is 2.90 bits per heavy atom. The molecule has 2 N–H and O–H groups in total. The molecule has 0 radical (unpaired) electrons. The Labute approximate surface area is 125 Å². The van der Waals surface area contributed by atoms with Gasteiger partial charge >= 0.3 is 0 Å². The Kier molecular flexibility index (Phi) is 6.23. The number of nitrogens with one attached hydrogen (secondary N) is 2. The topological polar surface area (TPSA) is 63.1 Å². The first kappa shape index (κ1) is 16.7. The molecule has 1 aliphatic rings. The Morgan fingerprint density at radius 2 is 2.25 bits per heavy atom. The molecule has 1 amide bonds. The first-order valence-corrected chi connectivity index (χ1v) is 6.85. The van der Waals surface area contributed by atoms with Crippen molar-refractivity contribution in [2.45, 2.75) is 39.3 Å². The summed E-state index contributed by atoms with van der Waals surface area (Å²) in [5.41, 5.74) is 0.647. The molecule has 5 nitrogen and oxygen atoms in total. The summed E-state index contributed by atoms with van der Waals surface area (Å²) in [4.78, 5) is 23.6. The molecule has 1 fully saturated rings. The standard InChI is InChI=1S/C14H21N3O2.ClH/c1-3-17-9-12(4-5-13(17)18)16-14(19)11-6-7-15-10(2)8-11;/h4-5,9-11,15H,3,6-8H2,1-2H3,(H,16,19);1H/t10-,11-;/m0./s1. The maximum absolute atomic E-state index is 12.2. The zero-order valence-electron chi connectivity index (χ0n) is 11.9. The van der Waals surface area contributed by atoms with Gasteiger partial charge in [-0.2, -0.15) is 0 Å². The third kappa shape index (κ3) is 4.08. The molecule has 6 heteroatoms. The normalized spacial score (nSPS) is 21.9. The number of rotatable bonds is 3. The number of aromatic nitrogens is 1. The van der Waals surface area contributed by atoms with Crippen LogP contribution in [0.1, 0.15) is 26.7 Å². The van der Waals surface area contributed by atoms with Crippen molar-refractivity contribution in [3.05, 3.63) is 28.7 Å². The molecule has 1 aromatic heterocycles. The molecule has 20 heavy (non-hydrogen) atoms. The number of pyridine rings is 1. The summed E-state index contributed by atoms with van der Waals surface area (Å²) >= 11 is 0. The van der Waals surface area contributed by atoms with Crippen LogP contribution in [0.4, 0.5) is 5.69 Å². The average Bonchev–Trinajstić information content (AvgIpc) is 2.41. The molecule has 2 atom stereocenters. The Bertz CT molecular complexity index is 515. The van der Waals surface area contributed by atoms with Crippen LogP contribution in [-0.4, -0.2) is 23.1 Å². The van der Waals surface area contributed by atoms with Crippen LogP contribution in [0.5, 0.6) is 0 Å². The average molecular weight is 300 g/mol. The summed E-state index contributed by atoms with van der Waals surface area (Å²) in [6.07, 6.45) is 3.42. The van der Waals surface area contributed by atoms with Gasteiger partial charge in [0.05, 0.1) is 5.69 Å². The van der Waals surface area contributed by atoms with E-state index < -0.39 is 0 Å². The van der Waals surface area contributed by atoms with Crippen LogP contribution >= 0.6 is 12.4 Å². The van der Waals surface area contributed by atoms with Crippen LogP contribution in [-0.2, 0) is 11.3 Å². The van der Waals surface area contributed by atoms with Gasteiger partial charge in [0.1, 0.15) is 0 Å². The second-order valence-corrected chi connectivity index (χ2v) is 5.11. The summed E-state index contributed by atoms with van der Waals surface area (Å²) < 4.78 is 1.58. The monoisotopic (exact) mass is 299 g/mol. The van der Waals surface area contributed by atoms with Crippen molar-refractivity contribution < 1.29 is 4.79 Å². The van der Waals surface area contributed by atoms with Crippen LogP contribution in [0.25, 0.3) is 0 Å². The van der Waals surface area contributed by atoms with Gasteiger partial charge in [0.25, 0.3) is 5.56 Å². The van der Waals surface area contributed by atoms with Crippen LogP contribution < -0.4 is 16.2 Å². The van der Waals surface area contributed by atoms with E-state index in [0.29, 0.717) is 18.3 Å². The largest absolute Gasteiger partial charge is 0.325 e. The predicted molar refractivity (Wildman–Crippen MR) is 82.4 cm³/mol. The van der Waals surface area contributed by atoms with E-state index in [2.05, 4.69) is 17.6 Å². The molecule has 1 aromatic rings. The molecule has 0 bridgehead atoms. The van der Waals surface area contributed by atoms with E-state index in [9.17, 15) is 9.59 Å². The molecule has 0 unspecified atom stereocenters. The third-order valence-electron chi connectivity index (χ3n) is 3.59. The van der Waals surface area contributed by atoms with Crippen molar-refractivity contribution in [2.24, 2.45) is 5.92 Å². The first-order chi connectivity index (χ1) is 9.10. The minimum absolute atomic E-state index is 0. The summed E-state index contributed by atoms with van der Waals surface area (Å²) in [6, 6.07) is 3.54. The SMILES string of the molecule is CCn1cc(NC(=O)[C@H]2CCN[C@@H](C)C2)ccc1=O.Cl. The van der Waals surface area contributed by atoms with E-state index in [4.69, 9.17) is 0 Å². The molecular weight excluding hydrogens is 278 g/mol. The van der Waals surface area contributed by atoms with Gasteiger partial charge in [0.2, 0.25) is 5.91 Å². The van der Waals surface area contributed by atoms with E-state index in [-0.39, 0.29) is 29.8 Å². The van der Waals surface area contributed by atoms with Gasteiger partial charge in [-0.3, -0.25) is 9.59 Å². The number of hydrogen-bond acceptors (Lipinski definition) is 3. The number of piperidine rings is 1. The molecule has 2 rings (SSSR count). The van der Waals surface area contributed by atoms with Gasteiger partial charge in [0.15, 0.2) is 0 Å². The molecular formula is C14H22ClN3O2. The number of carbonyl (C=O) groups excluding carboxylic acids is 1. The fourth-order valence-corrected chi connectivity index (χ4v) is 2.47. The van der Waals surface area contributed by atoms with Gasteiger partial charge in [-0.05, 0) is 39.3 Å². The maximum atomic E-state index is 12.2. The molecule has 2 heterocycles. The Balaban J connectivity index is 0.00000200. The van der Waals surface area contributed by atoms with Crippen molar-refractivity contribution >= 4 is 24.0 Å². The van der Waals surface area contributed by atoms with Crippen molar-refractivity contribution in [3.63, 3.8) is 0 Å². The van der Waals surface area contributed by atoms with Crippen molar-refractivity contribution in [1.29, 1.82) is 0 Å². The molecule has 112 valence electrons. The lowest BCUT2D eigenvalue weighted by Gasteiger charge is -2.27. The number of carbonyl (C=O) groups is 1. The Morgan fingerprint density at radius 1 is 1.50 bits per heavy atom. The highest BCUT2D eigenvalue weighted by Gasteiger charge is 2.24. The first-order valence-electron chi connectivity index (χ1n) is 6.85. The molecule has 0 aromatic carbocycles. The zero-order valence-corrected chi connectivity index (χ0v) is 12.7. The minimum atomic E-state index is -0.0454. The van der Waals surface area contributed by atoms with Gasteiger partial charge in [-0.1, -0.05) is 0 Å². The van der Waals surface area contributed by atoms with Gasteiger partial charge < -0.3 is 15.2 Å². The third-order valence-corrected chi connectivity index (χ3v) is 3.59. The summed E-state index contributed by atoms with van der Waals surface area (Å²) in [5.74, 6) is 0.105. The molecule has 0 aliphatic carbocycles. The predicted octanol–water partition coefficient (Wildman–Crippen LogP) is 1.62. The van der Waals surface area contributed by atoms with Gasteiger partial charge in [-0.25, -0.2) is 0 Å². The smallest absolute Gasteiger partial charge is 0.250 e. The molecule has 1 aliphatic heterocycles. The van der Waals surface area contributed by atoms with Crippen molar-refractivity contribution in [2.75, 3.05) is 11.9 Å². The van der Waals surface area contributed by atoms with Crippen LogP contribution in [0.3, 0.4) is 0 Å². The Hall–Kier alpha value is -1.33. The lowest BCUT2D eigenvalue weighted by molar-refractivity contribution is -0.120. The quantitative estimate of drug-likeness (QED) is 0.891. The molecule has 0 saturated carbocycles. The number of nitrogens with zero attached hydrogens (tertiary/aromatic N) is 1.